The monoisotopic (exact) mass is 430 g/mol. The quantitative estimate of drug-likeness (QED) is 0.541. The Bertz CT molecular complexity index is 1110. The second kappa shape index (κ2) is 10.8. The van der Waals surface area contributed by atoms with E-state index in [1.54, 1.807) is 63.7 Å². The first kappa shape index (κ1) is 22.6. The van der Waals surface area contributed by atoms with E-state index in [9.17, 15) is 9.59 Å². The first-order valence-electron chi connectivity index (χ1n) is 10.1. The van der Waals surface area contributed by atoms with Crippen LogP contribution in [0.3, 0.4) is 0 Å². The number of likely N-dealkylation sites (N-methyl/N-ethyl adjacent to an activating group) is 1. The van der Waals surface area contributed by atoms with Gasteiger partial charge in [0.05, 0.1) is 25.5 Å². The number of carbonyl (C=O) groups excluding carboxylic acids is 2. The van der Waals surface area contributed by atoms with Gasteiger partial charge in [0.25, 0.3) is 11.8 Å². The average Bonchev–Trinajstić information content (AvgIpc) is 2.85. The lowest BCUT2D eigenvalue weighted by Crippen LogP contribution is -2.29. The highest BCUT2D eigenvalue weighted by molar-refractivity contribution is 6.08. The normalized spacial score (nSPS) is 10.6. The maximum absolute atomic E-state index is 12.8. The molecule has 0 atom stereocenters. The molecule has 0 heterocycles. The fraction of sp³-hybridized carbons (Fsp3) is 0.154. The molecule has 0 unspecified atom stereocenters. The van der Waals surface area contributed by atoms with Crippen LogP contribution in [0.5, 0.6) is 11.5 Å². The third-order valence-electron chi connectivity index (χ3n) is 4.96. The highest BCUT2D eigenvalue weighted by Gasteiger charge is 2.17. The van der Waals surface area contributed by atoms with Crippen molar-refractivity contribution in [3.63, 3.8) is 0 Å². The molecule has 0 spiro atoms. The topological polar surface area (TPSA) is 67.9 Å². The van der Waals surface area contributed by atoms with Gasteiger partial charge >= 0.3 is 0 Å². The Kier molecular flexibility index (Phi) is 7.65. The van der Waals surface area contributed by atoms with Crippen LogP contribution >= 0.6 is 0 Å². The molecule has 0 bridgehead atoms. The van der Waals surface area contributed by atoms with E-state index in [0.29, 0.717) is 29.3 Å². The summed E-state index contributed by atoms with van der Waals surface area (Å²) < 4.78 is 10.5. The number of rotatable bonds is 8. The number of carbonyl (C=O) groups is 2. The van der Waals surface area contributed by atoms with Gasteiger partial charge in [-0.25, -0.2) is 0 Å². The van der Waals surface area contributed by atoms with Crippen LogP contribution in [-0.4, -0.2) is 33.1 Å². The summed E-state index contributed by atoms with van der Waals surface area (Å²) in [6.07, 6.45) is 3.15. The van der Waals surface area contributed by atoms with Crippen molar-refractivity contribution in [2.75, 3.05) is 26.2 Å². The minimum Gasteiger partial charge on any atom is -0.493 e. The molecule has 0 aliphatic heterocycles. The lowest BCUT2D eigenvalue weighted by molar-refractivity contribution is -0.113. The highest BCUT2D eigenvalue weighted by Crippen LogP contribution is 2.28. The van der Waals surface area contributed by atoms with E-state index < -0.39 is 0 Å². The molecule has 164 valence electrons. The second-order valence-electron chi connectivity index (χ2n) is 7.03. The molecule has 0 aliphatic carbocycles. The van der Waals surface area contributed by atoms with Gasteiger partial charge in [-0.2, -0.15) is 0 Å². The second-order valence-corrected chi connectivity index (χ2v) is 7.03. The van der Waals surface area contributed by atoms with Gasteiger partial charge in [0.2, 0.25) is 0 Å². The predicted molar refractivity (Wildman–Crippen MR) is 126 cm³/mol. The molecular formula is C26H26N2O4. The third-order valence-corrected chi connectivity index (χ3v) is 4.96. The van der Waals surface area contributed by atoms with Crippen LogP contribution in [0.2, 0.25) is 0 Å². The fourth-order valence-electron chi connectivity index (χ4n) is 3.19. The van der Waals surface area contributed by atoms with Gasteiger partial charge in [-0.15, -0.1) is 0 Å². The van der Waals surface area contributed by atoms with Gasteiger partial charge in [-0.3, -0.25) is 9.59 Å². The smallest absolute Gasteiger partial charge is 0.253 e. The molecule has 32 heavy (non-hydrogen) atoms. The van der Waals surface area contributed by atoms with E-state index in [-0.39, 0.29) is 11.8 Å². The number of hydrogen-bond acceptors (Lipinski definition) is 4. The number of para-hydroxylation sites is 1. The summed E-state index contributed by atoms with van der Waals surface area (Å²) in [6.45, 7) is 0.408. The van der Waals surface area contributed by atoms with Crippen molar-refractivity contribution < 1.29 is 19.1 Å². The van der Waals surface area contributed by atoms with E-state index in [4.69, 9.17) is 9.47 Å². The summed E-state index contributed by atoms with van der Waals surface area (Å²) in [5.41, 5.74) is 2.75. The van der Waals surface area contributed by atoms with Crippen LogP contribution in [0.25, 0.3) is 6.08 Å². The van der Waals surface area contributed by atoms with Crippen LogP contribution in [0, 0.1) is 0 Å². The summed E-state index contributed by atoms with van der Waals surface area (Å²) in [5, 5.41) is 2.91. The summed E-state index contributed by atoms with van der Waals surface area (Å²) in [5.74, 6) is 0.690. The fourth-order valence-corrected chi connectivity index (χ4v) is 3.19. The van der Waals surface area contributed by atoms with Gasteiger partial charge in [0.1, 0.15) is 0 Å². The Balaban J connectivity index is 1.73. The van der Waals surface area contributed by atoms with Crippen molar-refractivity contribution in [2.24, 2.45) is 0 Å². The van der Waals surface area contributed by atoms with E-state index in [1.807, 2.05) is 36.4 Å². The number of anilines is 1. The number of nitrogens with one attached hydrogen (secondary N) is 1. The van der Waals surface area contributed by atoms with Crippen LogP contribution in [-0.2, 0) is 11.3 Å². The van der Waals surface area contributed by atoms with Crippen LogP contribution < -0.4 is 19.7 Å². The molecule has 3 aromatic rings. The minimum absolute atomic E-state index is 0.243. The van der Waals surface area contributed by atoms with Crippen LogP contribution in [0.4, 0.5) is 5.69 Å². The largest absolute Gasteiger partial charge is 0.493 e. The van der Waals surface area contributed by atoms with E-state index in [2.05, 4.69) is 5.32 Å². The molecule has 1 N–H and O–H groups in total. The number of hydrogen-bond donors (Lipinski definition) is 1. The lowest BCUT2D eigenvalue weighted by atomic mass is 10.1. The van der Waals surface area contributed by atoms with Crippen molar-refractivity contribution in [3.05, 3.63) is 95.6 Å². The molecule has 0 fully saturated rings. The van der Waals surface area contributed by atoms with Crippen molar-refractivity contribution in [1.29, 1.82) is 0 Å². The first-order valence-corrected chi connectivity index (χ1v) is 10.1. The molecule has 3 aromatic carbocycles. The Morgan fingerprint density at radius 3 is 2.31 bits per heavy atom. The number of ether oxygens (including phenoxy) is 2. The summed E-state index contributed by atoms with van der Waals surface area (Å²) in [6, 6.07) is 22.1. The predicted octanol–water partition coefficient (Wildman–Crippen LogP) is 4.31. The number of benzene rings is 3. The maximum atomic E-state index is 12.8. The third kappa shape index (κ3) is 5.55. The molecular weight excluding hydrogens is 404 g/mol. The zero-order valence-corrected chi connectivity index (χ0v) is 18.4. The highest BCUT2D eigenvalue weighted by atomic mass is 16.5. The average molecular weight is 431 g/mol. The molecule has 6 nitrogen and oxygen atoms in total. The Morgan fingerprint density at radius 1 is 0.906 bits per heavy atom. The number of methoxy groups -OCH3 is 2. The zero-order chi connectivity index (χ0) is 22.9. The summed E-state index contributed by atoms with van der Waals surface area (Å²) in [7, 11) is 4.77. The standard InChI is InChI=1S/C26H26N2O4/c1-28(25(29)16-14-19-13-15-23(31-2)24(17-19)32-3)22-12-8-7-11-21(22)26(30)27-18-20-9-5-4-6-10-20/h4-17H,18H2,1-3H3,(H,27,30)/b16-14+. The van der Waals surface area contributed by atoms with E-state index >= 15 is 0 Å². The Hall–Kier alpha value is -4.06. The summed E-state index contributed by atoms with van der Waals surface area (Å²) >= 11 is 0. The molecule has 0 radical (unpaired) electrons. The number of amides is 2. The van der Waals surface area contributed by atoms with Gasteiger partial charge in [-0.1, -0.05) is 48.5 Å². The van der Waals surface area contributed by atoms with Crippen molar-refractivity contribution in [2.45, 2.75) is 6.54 Å². The van der Waals surface area contributed by atoms with Gasteiger partial charge < -0.3 is 19.7 Å². The summed E-state index contributed by atoms with van der Waals surface area (Å²) in [4.78, 5) is 27.0. The van der Waals surface area contributed by atoms with E-state index in [1.165, 1.54) is 11.0 Å². The van der Waals surface area contributed by atoms with Crippen molar-refractivity contribution >= 4 is 23.6 Å². The van der Waals surface area contributed by atoms with Crippen molar-refractivity contribution in [3.8, 4) is 11.5 Å². The van der Waals surface area contributed by atoms with Gasteiger partial charge in [0, 0.05) is 19.7 Å². The molecule has 0 aromatic heterocycles. The van der Waals surface area contributed by atoms with Gasteiger partial charge in [-0.05, 0) is 41.5 Å². The molecule has 2 amide bonds. The first-order chi connectivity index (χ1) is 15.5. The van der Waals surface area contributed by atoms with Gasteiger partial charge in [0.15, 0.2) is 11.5 Å². The maximum Gasteiger partial charge on any atom is 0.253 e. The lowest BCUT2D eigenvalue weighted by Gasteiger charge is -2.19. The molecule has 6 heteroatoms. The Morgan fingerprint density at radius 2 is 1.59 bits per heavy atom. The zero-order valence-electron chi connectivity index (χ0n) is 18.4. The molecule has 0 saturated heterocycles. The molecule has 0 aliphatic rings. The van der Waals surface area contributed by atoms with Crippen LogP contribution in [0.1, 0.15) is 21.5 Å². The van der Waals surface area contributed by atoms with Crippen molar-refractivity contribution in [1.82, 2.24) is 5.32 Å². The molecule has 0 saturated carbocycles. The molecule has 3 rings (SSSR count). The van der Waals surface area contributed by atoms with E-state index in [0.717, 1.165) is 11.1 Å². The van der Waals surface area contributed by atoms with Crippen LogP contribution in [0.15, 0.2) is 78.9 Å². The minimum atomic E-state index is -0.261. The Labute approximate surface area is 188 Å². The SMILES string of the molecule is COc1ccc(/C=C/C(=O)N(C)c2ccccc2C(=O)NCc2ccccc2)cc1OC. The number of nitrogens with zero attached hydrogens (tertiary/aromatic N) is 1.